The molecule has 0 amide bonds. The average molecular weight is 301 g/mol. The largest absolute Gasteiger partial charge is 0.395 e. The number of hydrogen-bond donors (Lipinski definition) is 0. The first-order valence-electron chi connectivity index (χ1n) is 6.97. The van der Waals surface area contributed by atoms with Crippen LogP contribution in [-0.2, 0) is 14.7 Å². The lowest BCUT2D eigenvalue weighted by molar-refractivity contribution is 0.187. The summed E-state index contributed by atoms with van der Waals surface area (Å²) in [5, 5.41) is 0. The third-order valence-electron chi connectivity index (χ3n) is 3.28. The SMILES string of the molecule is CCO[Si](C)(CC(C)c1ccc(CCl)cc1)OCC. The molecule has 0 N–H and O–H groups in total. The average Bonchev–Trinajstić information content (AvgIpc) is 2.39. The number of alkyl halides is 1. The smallest absolute Gasteiger partial charge is 0.335 e. The van der Waals surface area contributed by atoms with Crippen molar-refractivity contribution >= 4 is 20.2 Å². The Morgan fingerprint density at radius 2 is 1.63 bits per heavy atom. The molecule has 1 aromatic carbocycles. The van der Waals surface area contributed by atoms with Crippen LogP contribution in [0.5, 0.6) is 0 Å². The minimum absolute atomic E-state index is 0.444. The van der Waals surface area contributed by atoms with Crippen molar-refractivity contribution in [2.45, 2.75) is 45.2 Å². The van der Waals surface area contributed by atoms with Crippen LogP contribution in [0.2, 0.25) is 12.6 Å². The molecule has 0 aliphatic rings. The zero-order valence-electron chi connectivity index (χ0n) is 12.4. The quantitative estimate of drug-likeness (QED) is 0.513. The molecule has 19 heavy (non-hydrogen) atoms. The van der Waals surface area contributed by atoms with Crippen molar-refractivity contribution in [3.8, 4) is 0 Å². The van der Waals surface area contributed by atoms with Crippen LogP contribution in [-0.4, -0.2) is 21.8 Å². The van der Waals surface area contributed by atoms with Crippen LogP contribution in [0.3, 0.4) is 0 Å². The molecule has 4 heteroatoms. The molecule has 0 spiro atoms. The van der Waals surface area contributed by atoms with Crippen molar-refractivity contribution in [1.29, 1.82) is 0 Å². The Morgan fingerprint density at radius 1 is 1.11 bits per heavy atom. The van der Waals surface area contributed by atoms with E-state index in [4.69, 9.17) is 20.5 Å². The molecule has 0 heterocycles. The molecule has 0 saturated heterocycles. The highest BCUT2D eigenvalue weighted by atomic mass is 35.5. The van der Waals surface area contributed by atoms with Crippen molar-refractivity contribution < 1.29 is 8.85 Å². The summed E-state index contributed by atoms with van der Waals surface area (Å²) in [4.78, 5) is 0. The van der Waals surface area contributed by atoms with Gasteiger partial charge in [-0.3, -0.25) is 0 Å². The summed E-state index contributed by atoms with van der Waals surface area (Å²) in [6, 6.07) is 9.50. The maximum atomic E-state index is 5.90. The van der Waals surface area contributed by atoms with Crippen molar-refractivity contribution in [3.05, 3.63) is 35.4 Å². The maximum Gasteiger partial charge on any atom is 0.335 e. The summed E-state index contributed by atoms with van der Waals surface area (Å²) in [5.41, 5.74) is 2.49. The Hall–Kier alpha value is -0.353. The first-order chi connectivity index (χ1) is 9.04. The lowest BCUT2D eigenvalue weighted by atomic mass is 10.0. The van der Waals surface area contributed by atoms with Crippen LogP contribution in [0.4, 0.5) is 0 Å². The fourth-order valence-electron chi connectivity index (χ4n) is 2.38. The van der Waals surface area contributed by atoms with E-state index in [1.54, 1.807) is 0 Å². The van der Waals surface area contributed by atoms with E-state index in [1.165, 1.54) is 5.56 Å². The van der Waals surface area contributed by atoms with Gasteiger partial charge >= 0.3 is 8.56 Å². The monoisotopic (exact) mass is 300 g/mol. The van der Waals surface area contributed by atoms with Crippen LogP contribution >= 0.6 is 11.6 Å². The molecule has 108 valence electrons. The van der Waals surface area contributed by atoms with Crippen LogP contribution < -0.4 is 0 Å². The van der Waals surface area contributed by atoms with Gasteiger partial charge in [0.2, 0.25) is 0 Å². The number of benzene rings is 1. The van der Waals surface area contributed by atoms with Crippen molar-refractivity contribution in [2.75, 3.05) is 13.2 Å². The van der Waals surface area contributed by atoms with Gasteiger partial charge in [-0.1, -0.05) is 31.2 Å². The minimum Gasteiger partial charge on any atom is -0.395 e. The van der Waals surface area contributed by atoms with E-state index in [9.17, 15) is 0 Å². The second-order valence-corrected chi connectivity index (χ2v) is 8.50. The third kappa shape index (κ3) is 5.26. The molecule has 0 saturated carbocycles. The van der Waals surface area contributed by atoms with E-state index < -0.39 is 8.56 Å². The molecule has 0 aromatic heterocycles. The summed E-state index contributed by atoms with van der Waals surface area (Å²) in [7, 11) is -2.04. The van der Waals surface area contributed by atoms with E-state index in [1.807, 2.05) is 13.8 Å². The fraction of sp³-hybridized carbons (Fsp3) is 0.600. The van der Waals surface area contributed by atoms with Gasteiger partial charge in [0, 0.05) is 19.1 Å². The van der Waals surface area contributed by atoms with Crippen LogP contribution in [0, 0.1) is 0 Å². The van der Waals surface area contributed by atoms with E-state index >= 15 is 0 Å². The molecule has 0 bridgehead atoms. The second kappa shape index (κ2) is 8.05. The van der Waals surface area contributed by atoms with Gasteiger partial charge in [0.05, 0.1) is 0 Å². The molecular formula is C15H25ClO2Si. The number of hydrogen-bond acceptors (Lipinski definition) is 2. The van der Waals surface area contributed by atoms with Gasteiger partial charge in [-0.25, -0.2) is 0 Å². The summed E-state index contributed by atoms with van der Waals surface area (Å²) >= 11 is 5.81. The Balaban J connectivity index is 2.72. The molecule has 1 aromatic rings. The highest BCUT2D eigenvalue weighted by molar-refractivity contribution is 6.66. The summed E-state index contributed by atoms with van der Waals surface area (Å²) in [5.74, 6) is 1.01. The zero-order valence-corrected chi connectivity index (χ0v) is 14.2. The normalized spacial score (nSPS) is 13.5. The number of halogens is 1. The van der Waals surface area contributed by atoms with Crippen molar-refractivity contribution in [3.63, 3.8) is 0 Å². The van der Waals surface area contributed by atoms with Crippen LogP contribution in [0.15, 0.2) is 24.3 Å². The Labute approximate surface area is 123 Å². The molecule has 0 radical (unpaired) electrons. The first kappa shape index (κ1) is 16.7. The van der Waals surface area contributed by atoms with Gasteiger partial charge in [0.25, 0.3) is 0 Å². The minimum atomic E-state index is -2.04. The first-order valence-corrected chi connectivity index (χ1v) is 10.0. The van der Waals surface area contributed by atoms with Gasteiger partial charge in [-0.15, -0.1) is 11.6 Å². The fourth-order valence-corrected chi connectivity index (χ4v) is 5.45. The van der Waals surface area contributed by atoms with Gasteiger partial charge in [-0.2, -0.15) is 0 Å². The van der Waals surface area contributed by atoms with E-state index in [2.05, 4.69) is 37.7 Å². The predicted octanol–water partition coefficient (Wildman–Crippen LogP) is 4.67. The maximum absolute atomic E-state index is 5.90. The Morgan fingerprint density at radius 3 is 2.05 bits per heavy atom. The van der Waals surface area contributed by atoms with Crippen LogP contribution in [0.25, 0.3) is 0 Å². The Bertz CT molecular complexity index is 361. The third-order valence-corrected chi connectivity index (χ3v) is 6.74. The topological polar surface area (TPSA) is 18.5 Å². The molecule has 2 nitrogen and oxygen atoms in total. The van der Waals surface area contributed by atoms with E-state index in [-0.39, 0.29) is 0 Å². The van der Waals surface area contributed by atoms with Crippen molar-refractivity contribution in [2.24, 2.45) is 0 Å². The lowest BCUT2D eigenvalue weighted by Crippen LogP contribution is -2.39. The highest BCUT2D eigenvalue weighted by Crippen LogP contribution is 2.28. The van der Waals surface area contributed by atoms with E-state index in [0.717, 1.165) is 24.8 Å². The zero-order chi connectivity index (χ0) is 14.3. The number of rotatable bonds is 8. The Kier molecular flexibility index (Phi) is 7.08. The molecule has 0 fully saturated rings. The molecule has 1 atom stereocenters. The standard InChI is InChI=1S/C15H25ClO2Si/c1-5-17-19(4,18-6-2)12-13(3)15-9-7-14(11-16)8-10-15/h7-10,13H,5-6,11-12H2,1-4H3. The highest BCUT2D eigenvalue weighted by Gasteiger charge is 2.33. The van der Waals surface area contributed by atoms with Gasteiger partial charge in [0.1, 0.15) is 0 Å². The summed E-state index contributed by atoms with van der Waals surface area (Å²) in [6.45, 7) is 9.90. The van der Waals surface area contributed by atoms with Crippen molar-refractivity contribution in [1.82, 2.24) is 0 Å². The molecule has 1 unspecified atom stereocenters. The molecule has 0 aliphatic heterocycles. The molecule has 1 rings (SSSR count). The van der Waals surface area contributed by atoms with E-state index in [0.29, 0.717) is 11.8 Å². The van der Waals surface area contributed by atoms with Gasteiger partial charge in [-0.05, 0) is 43.5 Å². The predicted molar refractivity (Wildman–Crippen MR) is 84.1 cm³/mol. The van der Waals surface area contributed by atoms with Gasteiger partial charge in [0.15, 0.2) is 0 Å². The summed E-state index contributed by atoms with van der Waals surface area (Å²) in [6.07, 6.45) is 0. The molecule has 0 aliphatic carbocycles. The molecular weight excluding hydrogens is 276 g/mol. The second-order valence-electron chi connectivity index (χ2n) is 4.98. The lowest BCUT2D eigenvalue weighted by Gasteiger charge is -2.28. The summed E-state index contributed by atoms with van der Waals surface area (Å²) < 4.78 is 11.8. The van der Waals surface area contributed by atoms with Crippen LogP contribution in [0.1, 0.15) is 37.8 Å². The van der Waals surface area contributed by atoms with Gasteiger partial charge < -0.3 is 8.85 Å².